The van der Waals surface area contributed by atoms with Crippen LogP contribution in [-0.2, 0) is 4.74 Å². The van der Waals surface area contributed by atoms with Gasteiger partial charge in [0.15, 0.2) is 0 Å². The van der Waals surface area contributed by atoms with Crippen LogP contribution in [0.2, 0.25) is 10.0 Å². The van der Waals surface area contributed by atoms with E-state index in [1.807, 2.05) is 29.8 Å². The number of aryl methyl sites for hydroxylation is 1. The molecule has 1 aromatic heterocycles. The summed E-state index contributed by atoms with van der Waals surface area (Å²) < 4.78 is 7.66. The van der Waals surface area contributed by atoms with E-state index < -0.39 is 0 Å². The molecule has 4 nitrogen and oxygen atoms in total. The molecule has 0 radical (unpaired) electrons. The molecule has 2 aromatic rings. The van der Waals surface area contributed by atoms with Crippen molar-refractivity contribution in [1.29, 1.82) is 0 Å². The summed E-state index contributed by atoms with van der Waals surface area (Å²) >= 11 is 15.8. The van der Waals surface area contributed by atoms with Gasteiger partial charge in [0.2, 0.25) is 5.95 Å². The number of hydrogen-bond acceptors (Lipinski definition) is 3. The highest BCUT2D eigenvalue weighted by Gasteiger charge is 2.14. The Labute approximate surface area is 136 Å². The van der Waals surface area contributed by atoms with Crippen molar-refractivity contribution < 1.29 is 4.74 Å². The predicted octanol–water partition coefficient (Wildman–Crippen LogP) is 4.31. The molecule has 108 valence electrons. The Bertz CT molecular complexity index is 616. The van der Waals surface area contributed by atoms with Gasteiger partial charge in [-0.3, -0.25) is 4.57 Å². The van der Waals surface area contributed by atoms with E-state index in [4.69, 9.17) is 27.9 Å². The van der Waals surface area contributed by atoms with Crippen molar-refractivity contribution in [1.82, 2.24) is 9.55 Å². The molecule has 0 saturated heterocycles. The van der Waals surface area contributed by atoms with Crippen molar-refractivity contribution in [3.8, 4) is 5.69 Å². The van der Waals surface area contributed by atoms with Crippen molar-refractivity contribution in [2.24, 2.45) is 0 Å². The zero-order valence-electron chi connectivity index (χ0n) is 11.1. The largest absolute Gasteiger partial charge is 0.383 e. The number of hydrogen-bond donors (Lipinski definition) is 1. The first-order valence-electron chi connectivity index (χ1n) is 5.97. The van der Waals surface area contributed by atoms with Crippen LogP contribution in [0, 0.1) is 6.92 Å². The van der Waals surface area contributed by atoms with Gasteiger partial charge in [-0.15, -0.1) is 0 Å². The van der Waals surface area contributed by atoms with E-state index in [9.17, 15) is 0 Å². The molecule has 0 bridgehead atoms. The molecule has 0 aliphatic carbocycles. The van der Waals surface area contributed by atoms with E-state index in [1.165, 1.54) is 0 Å². The van der Waals surface area contributed by atoms with Gasteiger partial charge in [0, 0.05) is 24.3 Å². The van der Waals surface area contributed by atoms with Gasteiger partial charge in [0.1, 0.15) is 0 Å². The zero-order chi connectivity index (χ0) is 14.7. The smallest absolute Gasteiger partial charge is 0.207 e. The van der Waals surface area contributed by atoms with Crippen LogP contribution < -0.4 is 5.32 Å². The molecule has 1 N–H and O–H groups in total. The van der Waals surface area contributed by atoms with Crippen LogP contribution in [0.3, 0.4) is 0 Å². The number of rotatable bonds is 5. The Kier molecular flexibility index (Phi) is 5.32. The molecule has 0 aliphatic rings. The minimum atomic E-state index is 0.480. The average molecular weight is 379 g/mol. The number of methoxy groups -OCH3 is 1. The fourth-order valence-electron chi connectivity index (χ4n) is 1.77. The number of benzene rings is 1. The number of nitrogens with zero attached hydrogens (tertiary/aromatic N) is 2. The van der Waals surface area contributed by atoms with Gasteiger partial charge < -0.3 is 10.1 Å². The average Bonchev–Trinajstić information content (AvgIpc) is 2.78. The molecule has 20 heavy (non-hydrogen) atoms. The molecule has 2 rings (SSSR count). The minimum absolute atomic E-state index is 0.480. The minimum Gasteiger partial charge on any atom is -0.383 e. The highest BCUT2D eigenvalue weighted by Crippen LogP contribution is 2.35. The lowest BCUT2D eigenvalue weighted by Gasteiger charge is -2.12. The Morgan fingerprint density at radius 3 is 2.80 bits per heavy atom. The maximum atomic E-state index is 6.31. The quantitative estimate of drug-likeness (QED) is 0.622. The third-order valence-corrected chi connectivity index (χ3v) is 4.45. The molecule has 1 aromatic carbocycles. The molecule has 7 heteroatoms. The lowest BCUT2D eigenvalue weighted by Crippen LogP contribution is -2.11. The van der Waals surface area contributed by atoms with Crippen molar-refractivity contribution in [3.63, 3.8) is 0 Å². The van der Waals surface area contributed by atoms with Gasteiger partial charge in [0.25, 0.3) is 0 Å². The monoisotopic (exact) mass is 377 g/mol. The summed E-state index contributed by atoms with van der Waals surface area (Å²) in [6, 6.07) is 3.75. The number of halogens is 3. The van der Waals surface area contributed by atoms with Gasteiger partial charge in [-0.1, -0.05) is 23.2 Å². The van der Waals surface area contributed by atoms with Gasteiger partial charge in [-0.05, 0) is 35.0 Å². The summed E-state index contributed by atoms with van der Waals surface area (Å²) in [7, 11) is 1.66. The predicted molar refractivity (Wildman–Crippen MR) is 86.4 cm³/mol. The first-order valence-corrected chi connectivity index (χ1v) is 7.52. The van der Waals surface area contributed by atoms with Crippen LogP contribution in [0.25, 0.3) is 5.69 Å². The Morgan fingerprint density at radius 2 is 2.10 bits per heavy atom. The molecular formula is C13H14BrCl2N3O. The molecule has 0 fully saturated rings. The Hall–Kier alpha value is -0.750. The van der Waals surface area contributed by atoms with Crippen molar-refractivity contribution in [3.05, 3.63) is 38.5 Å². The fourth-order valence-corrected chi connectivity index (χ4v) is 2.63. The third-order valence-electron chi connectivity index (χ3n) is 2.69. The lowest BCUT2D eigenvalue weighted by atomic mass is 10.3. The second kappa shape index (κ2) is 6.80. The SMILES string of the molecule is COCCNc1nc(C)cn1-c1ccc(Br)c(Cl)c1Cl. The van der Waals surface area contributed by atoms with Gasteiger partial charge in [-0.25, -0.2) is 4.98 Å². The van der Waals surface area contributed by atoms with Crippen LogP contribution in [0.1, 0.15) is 5.69 Å². The van der Waals surface area contributed by atoms with Gasteiger partial charge in [0.05, 0.1) is 28.0 Å². The maximum Gasteiger partial charge on any atom is 0.207 e. The van der Waals surface area contributed by atoms with E-state index in [-0.39, 0.29) is 0 Å². The zero-order valence-corrected chi connectivity index (χ0v) is 14.2. The Balaban J connectivity index is 2.40. The summed E-state index contributed by atoms with van der Waals surface area (Å²) in [6.45, 7) is 3.18. The fraction of sp³-hybridized carbons (Fsp3) is 0.308. The number of anilines is 1. The number of nitrogens with one attached hydrogen (secondary N) is 1. The normalized spacial score (nSPS) is 10.8. The summed E-state index contributed by atoms with van der Waals surface area (Å²) in [4.78, 5) is 4.43. The highest BCUT2D eigenvalue weighted by atomic mass is 79.9. The van der Waals surface area contributed by atoms with E-state index in [0.29, 0.717) is 29.1 Å². The van der Waals surface area contributed by atoms with Gasteiger partial charge >= 0.3 is 0 Å². The van der Waals surface area contributed by atoms with E-state index in [2.05, 4.69) is 26.2 Å². The maximum absolute atomic E-state index is 6.31. The van der Waals surface area contributed by atoms with E-state index in [1.54, 1.807) is 7.11 Å². The molecule has 1 heterocycles. The van der Waals surface area contributed by atoms with E-state index in [0.717, 1.165) is 15.9 Å². The summed E-state index contributed by atoms with van der Waals surface area (Å²) in [5, 5.41) is 4.17. The first kappa shape index (κ1) is 15.6. The van der Waals surface area contributed by atoms with Crippen molar-refractivity contribution in [2.75, 3.05) is 25.6 Å². The molecule has 0 atom stereocenters. The summed E-state index contributed by atoms with van der Waals surface area (Å²) in [5.74, 6) is 0.708. The lowest BCUT2D eigenvalue weighted by molar-refractivity contribution is 0.210. The second-order valence-corrected chi connectivity index (χ2v) is 5.80. The van der Waals surface area contributed by atoms with Crippen molar-refractivity contribution in [2.45, 2.75) is 6.92 Å². The standard InChI is InChI=1S/C13H14BrCl2N3O/c1-8-7-19(13(18-8)17-5-6-20-2)10-4-3-9(14)11(15)12(10)16/h3-4,7H,5-6H2,1-2H3,(H,17,18). The molecule has 0 spiro atoms. The molecule has 0 aliphatic heterocycles. The van der Waals surface area contributed by atoms with Crippen molar-refractivity contribution >= 4 is 45.1 Å². The molecule has 0 amide bonds. The van der Waals surface area contributed by atoms with Crippen LogP contribution in [0.15, 0.2) is 22.8 Å². The molecular weight excluding hydrogens is 365 g/mol. The van der Waals surface area contributed by atoms with Crippen LogP contribution in [0.5, 0.6) is 0 Å². The summed E-state index contributed by atoms with van der Waals surface area (Å²) in [6.07, 6.45) is 1.90. The number of ether oxygens (including phenoxy) is 1. The summed E-state index contributed by atoms with van der Waals surface area (Å²) in [5.41, 5.74) is 1.67. The molecule has 0 saturated carbocycles. The topological polar surface area (TPSA) is 39.1 Å². The van der Waals surface area contributed by atoms with Crippen LogP contribution in [-0.4, -0.2) is 29.8 Å². The third kappa shape index (κ3) is 3.28. The first-order chi connectivity index (χ1) is 9.54. The second-order valence-electron chi connectivity index (χ2n) is 4.19. The molecule has 0 unspecified atom stereocenters. The number of aromatic nitrogens is 2. The number of imidazole rings is 1. The van der Waals surface area contributed by atoms with Gasteiger partial charge in [-0.2, -0.15) is 0 Å². The van der Waals surface area contributed by atoms with E-state index >= 15 is 0 Å². The van der Waals surface area contributed by atoms with Crippen LogP contribution in [0.4, 0.5) is 5.95 Å². The highest BCUT2D eigenvalue weighted by molar-refractivity contribution is 9.10. The Morgan fingerprint density at radius 1 is 1.35 bits per heavy atom. The van der Waals surface area contributed by atoms with Crippen LogP contribution >= 0.6 is 39.1 Å².